The van der Waals surface area contributed by atoms with E-state index in [2.05, 4.69) is 214 Å². The molecule has 54 heavy (non-hydrogen) atoms. The maximum Gasteiger partial charge on any atom is 0.0540 e. The van der Waals surface area contributed by atoms with Crippen molar-refractivity contribution in [1.29, 1.82) is 0 Å². The first-order valence-corrected chi connectivity index (χ1v) is 19.0. The Balaban J connectivity index is 1.42. The van der Waals surface area contributed by atoms with E-state index in [0.29, 0.717) is 0 Å². The topological polar surface area (TPSA) is 6.48 Å². The summed E-state index contributed by atoms with van der Waals surface area (Å²) in [7, 11) is 0. The second kappa shape index (κ2) is 14.9. The summed E-state index contributed by atoms with van der Waals surface area (Å²) in [6, 6.07) is 55.4. The molecule has 0 unspecified atom stereocenters. The van der Waals surface area contributed by atoms with E-state index < -0.39 is 0 Å². The van der Waals surface area contributed by atoms with Crippen LogP contribution in [0.4, 0.5) is 34.1 Å². The van der Waals surface area contributed by atoms with Crippen LogP contribution in [0.2, 0.25) is 0 Å². The minimum absolute atomic E-state index is 0.811. The zero-order valence-electron chi connectivity index (χ0n) is 31.7. The van der Waals surface area contributed by atoms with Crippen LogP contribution in [0, 0.1) is 13.8 Å². The molecule has 0 aromatic heterocycles. The van der Waals surface area contributed by atoms with Crippen molar-refractivity contribution >= 4 is 50.5 Å². The van der Waals surface area contributed by atoms with Crippen molar-refractivity contribution < 1.29 is 0 Å². The normalized spacial score (nSPS) is 12.4. The molecule has 7 aromatic carbocycles. The molecule has 1 aliphatic rings. The lowest BCUT2D eigenvalue weighted by atomic mass is 9.84. The van der Waals surface area contributed by atoms with Crippen molar-refractivity contribution in [1.82, 2.24) is 0 Å². The van der Waals surface area contributed by atoms with Gasteiger partial charge < -0.3 is 9.80 Å². The van der Waals surface area contributed by atoms with Gasteiger partial charge in [0.2, 0.25) is 0 Å². The molecule has 0 saturated carbocycles. The van der Waals surface area contributed by atoms with E-state index in [4.69, 9.17) is 0 Å². The first-order valence-electron chi connectivity index (χ1n) is 19.0. The highest BCUT2D eigenvalue weighted by molar-refractivity contribution is 6.10. The lowest BCUT2D eigenvalue weighted by Crippen LogP contribution is -2.14. The highest BCUT2D eigenvalue weighted by Gasteiger charge is 2.31. The van der Waals surface area contributed by atoms with Crippen molar-refractivity contribution in [3.63, 3.8) is 0 Å². The van der Waals surface area contributed by atoms with Crippen molar-refractivity contribution in [3.05, 3.63) is 210 Å². The molecule has 0 amide bonds. The highest BCUT2D eigenvalue weighted by Crippen LogP contribution is 2.52. The predicted molar refractivity (Wildman–Crippen MR) is 233 cm³/mol. The Hall–Kier alpha value is -6.38. The summed E-state index contributed by atoms with van der Waals surface area (Å²) in [4.78, 5) is 4.83. The number of hydrogen-bond donors (Lipinski definition) is 0. The van der Waals surface area contributed by atoms with Gasteiger partial charge >= 0.3 is 0 Å². The van der Waals surface area contributed by atoms with Gasteiger partial charge in [0.1, 0.15) is 0 Å². The number of nitrogens with zero attached hydrogens (tertiary/aromatic N) is 2. The smallest absolute Gasteiger partial charge is 0.0540 e. The standard InChI is InChI=1S/C52H46N2/c1-6-17-44-38(7-2)34-48-50(54(41-20-13-10-14-21-41)43-30-26-37(5)27-31-43)35-39(8-3)51(52(44)48)47-32-33-49(46-23-16-15-22-45(46)47)53(40-18-11-9-12-19-40)42-28-24-36(4)25-29-42/h6-7,9-33,35H,2,8,34H2,1,3-5H3/b17-6-. The van der Waals surface area contributed by atoms with Gasteiger partial charge in [0.25, 0.3) is 0 Å². The second-order valence-electron chi connectivity index (χ2n) is 14.1. The SMILES string of the molecule is C=CC1=C(/C=C\C)c2c(c(N(c3ccccc3)c3ccc(C)cc3)cc(CC)c2-c2ccc(N(c3ccccc3)c3ccc(C)cc3)c3ccccc23)C1. The molecule has 0 N–H and O–H groups in total. The predicted octanol–water partition coefficient (Wildman–Crippen LogP) is 14.7. The molecule has 0 bridgehead atoms. The van der Waals surface area contributed by atoms with Crippen LogP contribution < -0.4 is 9.80 Å². The molecule has 8 rings (SSSR count). The molecule has 1 aliphatic carbocycles. The van der Waals surface area contributed by atoms with E-state index in [1.165, 1.54) is 66.6 Å². The first-order chi connectivity index (χ1) is 26.5. The average Bonchev–Trinajstić information content (AvgIpc) is 3.58. The summed E-state index contributed by atoms with van der Waals surface area (Å²) in [5.41, 5.74) is 18.4. The van der Waals surface area contributed by atoms with Gasteiger partial charge in [-0.3, -0.25) is 0 Å². The summed E-state index contributed by atoms with van der Waals surface area (Å²) < 4.78 is 0. The third-order valence-electron chi connectivity index (χ3n) is 10.7. The quantitative estimate of drug-likeness (QED) is 0.140. The zero-order chi connectivity index (χ0) is 37.2. The summed E-state index contributed by atoms with van der Waals surface area (Å²) in [5.74, 6) is 0. The molecular formula is C52H46N2. The van der Waals surface area contributed by atoms with Crippen molar-refractivity contribution in [3.8, 4) is 11.1 Å². The molecule has 7 aromatic rings. The van der Waals surface area contributed by atoms with Gasteiger partial charge in [0, 0.05) is 34.6 Å². The van der Waals surface area contributed by atoms with E-state index in [9.17, 15) is 0 Å². The molecule has 264 valence electrons. The molecule has 0 saturated heterocycles. The lowest BCUT2D eigenvalue weighted by Gasteiger charge is -2.31. The Bertz CT molecular complexity index is 2520. The third-order valence-corrected chi connectivity index (χ3v) is 10.7. The average molecular weight is 699 g/mol. The van der Waals surface area contributed by atoms with E-state index in [1.807, 2.05) is 0 Å². The highest BCUT2D eigenvalue weighted by atomic mass is 15.1. The Labute approximate surface area is 320 Å². The van der Waals surface area contributed by atoms with Crippen LogP contribution in [-0.2, 0) is 12.8 Å². The summed E-state index contributed by atoms with van der Waals surface area (Å²) in [6.07, 6.45) is 8.22. The summed E-state index contributed by atoms with van der Waals surface area (Å²) in [6.45, 7) is 13.0. The van der Waals surface area contributed by atoms with Crippen molar-refractivity contribution in [2.75, 3.05) is 9.80 Å². The van der Waals surface area contributed by atoms with Crippen LogP contribution in [0.3, 0.4) is 0 Å². The minimum atomic E-state index is 0.811. The Morgan fingerprint density at radius 2 is 1.09 bits per heavy atom. The van der Waals surface area contributed by atoms with Crippen LogP contribution in [0.1, 0.15) is 41.7 Å². The third kappa shape index (κ3) is 6.24. The first kappa shape index (κ1) is 34.7. The van der Waals surface area contributed by atoms with Gasteiger partial charge in [0.05, 0.1) is 11.4 Å². The Morgan fingerprint density at radius 1 is 0.574 bits per heavy atom. The molecule has 0 spiro atoms. The summed E-state index contributed by atoms with van der Waals surface area (Å²) in [5, 5.41) is 2.45. The number of allylic oxidation sites excluding steroid dienone is 5. The maximum absolute atomic E-state index is 4.34. The minimum Gasteiger partial charge on any atom is -0.310 e. The van der Waals surface area contributed by atoms with Gasteiger partial charge in [-0.25, -0.2) is 0 Å². The fraction of sp³-hybridized carbons (Fsp3) is 0.115. The van der Waals surface area contributed by atoms with Gasteiger partial charge in [0.15, 0.2) is 0 Å². The molecule has 0 aliphatic heterocycles. The van der Waals surface area contributed by atoms with Gasteiger partial charge in [-0.1, -0.05) is 134 Å². The monoisotopic (exact) mass is 698 g/mol. The molecular weight excluding hydrogens is 653 g/mol. The molecule has 0 atom stereocenters. The van der Waals surface area contributed by atoms with E-state index in [0.717, 1.165) is 41.3 Å². The number of benzene rings is 7. The largest absolute Gasteiger partial charge is 0.310 e. The molecule has 2 nitrogen and oxygen atoms in total. The van der Waals surface area contributed by atoms with Crippen LogP contribution in [0.15, 0.2) is 182 Å². The van der Waals surface area contributed by atoms with Crippen LogP contribution >= 0.6 is 0 Å². The van der Waals surface area contributed by atoms with E-state index in [1.54, 1.807) is 0 Å². The fourth-order valence-corrected chi connectivity index (χ4v) is 8.10. The zero-order valence-corrected chi connectivity index (χ0v) is 31.7. The lowest BCUT2D eigenvalue weighted by molar-refractivity contribution is 1.11. The number of fused-ring (bicyclic) bond motifs is 2. The number of para-hydroxylation sites is 2. The maximum atomic E-state index is 4.34. The van der Waals surface area contributed by atoms with Gasteiger partial charge in [-0.15, -0.1) is 0 Å². The Kier molecular flexibility index (Phi) is 9.59. The summed E-state index contributed by atoms with van der Waals surface area (Å²) >= 11 is 0. The number of rotatable bonds is 10. The molecule has 2 heteroatoms. The van der Waals surface area contributed by atoms with Crippen LogP contribution in [0.5, 0.6) is 0 Å². The second-order valence-corrected chi connectivity index (χ2v) is 14.1. The van der Waals surface area contributed by atoms with E-state index >= 15 is 0 Å². The number of aryl methyl sites for hydroxylation is 3. The van der Waals surface area contributed by atoms with Crippen LogP contribution in [-0.4, -0.2) is 0 Å². The fourth-order valence-electron chi connectivity index (χ4n) is 8.10. The molecule has 0 fully saturated rings. The van der Waals surface area contributed by atoms with E-state index in [-0.39, 0.29) is 0 Å². The number of anilines is 6. The van der Waals surface area contributed by atoms with Crippen molar-refractivity contribution in [2.45, 2.75) is 40.5 Å². The Morgan fingerprint density at radius 3 is 1.63 bits per heavy atom. The van der Waals surface area contributed by atoms with Crippen LogP contribution in [0.25, 0.3) is 27.5 Å². The van der Waals surface area contributed by atoms with Crippen molar-refractivity contribution in [2.24, 2.45) is 0 Å². The number of hydrogen-bond acceptors (Lipinski definition) is 2. The van der Waals surface area contributed by atoms with Gasteiger partial charge in [-0.2, -0.15) is 0 Å². The molecule has 0 radical (unpaired) electrons. The van der Waals surface area contributed by atoms with Gasteiger partial charge in [-0.05, 0) is 132 Å². The molecule has 0 heterocycles.